The molecule has 0 radical (unpaired) electrons. The molecule has 2 N–H and O–H groups in total. The van der Waals surface area contributed by atoms with Gasteiger partial charge in [-0.05, 0) is 43.9 Å². The molecular weight excluding hydrogens is 444 g/mol. The average Bonchev–Trinajstić information content (AvgIpc) is 3.25. The number of nitrogens with one attached hydrogen (secondary N) is 1. The van der Waals surface area contributed by atoms with Gasteiger partial charge in [-0.3, -0.25) is 4.79 Å². The van der Waals surface area contributed by atoms with E-state index in [1.165, 1.54) is 6.20 Å². The minimum Gasteiger partial charge on any atom is -0.490 e. The number of ether oxygens (including phenoxy) is 1. The number of aliphatic hydroxyl groups excluding tert-OH is 1. The first-order valence-electron chi connectivity index (χ1n) is 12.0. The SMILES string of the molecule is CC(C)CC(=O)NC1(C)CCN(c2ccc(-c3cc(OCCO)cn4ncc(C#N)c34)cn2)CC1. The fourth-order valence-electron chi connectivity index (χ4n) is 4.49. The number of carbonyl (C=O) groups is 1. The number of piperidine rings is 1. The van der Waals surface area contributed by atoms with Gasteiger partial charge in [0.25, 0.3) is 0 Å². The molecule has 1 saturated heterocycles. The van der Waals surface area contributed by atoms with Gasteiger partial charge in [-0.25, -0.2) is 9.50 Å². The molecule has 9 nitrogen and oxygen atoms in total. The molecule has 3 aromatic heterocycles. The minimum absolute atomic E-state index is 0.0948. The normalized spacial score (nSPS) is 15.3. The molecule has 0 bridgehead atoms. The van der Waals surface area contributed by atoms with Crippen LogP contribution in [0.15, 0.2) is 36.8 Å². The van der Waals surface area contributed by atoms with Gasteiger partial charge in [0.05, 0.1) is 30.1 Å². The summed E-state index contributed by atoms with van der Waals surface area (Å²) in [4.78, 5) is 19.2. The van der Waals surface area contributed by atoms with E-state index in [1.807, 2.05) is 18.2 Å². The van der Waals surface area contributed by atoms with Gasteiger partial charge < -0.3 is 20.1 Å². The quantitative estimate of drug-likeness (QED) is 0.513. The van der Waals surface area contributed by atoms with Gasteiger partial charge in [0, 0.05) is 42.4 Å². The molecule has 9 heteroatoms. The minimum atomic E-state index is -0.196. The third-order valence-corrected chi connectivity index (χ3v) is 6.35. The van der Waals surface area contributed by atoms with Crippen LogP contribution in [0.2, 0.25) is 0 Å². The summed E-state index contributed by atoms with van der Waals surface area (Å²) in [6, 6.07) is 8.01. The van der Waals surface area contributed by atoms with E-state index in [2.05, 4.69) is 42.2 Å². The summed E-state index contributed by atoms with van der Waals surface area (Å²) in [5.74, 6) is 1.89. The summed E-state index contributed by atoms with van der Waals surface area (Å²) in [5.41, 5.74) is 2.58. The summed E-state index contributed by atoms with van der Waals surface area (Å²) < 4.78 is 7.22. The molecule has 4 rings (SSSR count). The number of amides is 1. The van der Waals surface area contributed by atoms with Crippen LogP contribution in [0.3, 0.4) is 0 Å². The maximum absolute atomic E-state index is 12.3. The number of nitriles is 1. The monoisotopic (exact) mass is 476 g/mol. The Balaban J connectivity index is 1.51. The lowest BCUT2D eigenvalue weighted by Gasteiger charge is -2.40. The zero-order valence-electron chi connectivity index (χ0n) is 20.5. The van der Waals surface area contributed by atoms with E-state index in [0.29, 0.717) is 29.2 Å². The second-order valence-corrected chi connectivity index (χ2v) is 9.72. The third-order valence-electron chi connectivity index (χ3n) is 6.35. The fourth-order valence-corrected chi connectivity index (χ4v) is 4.49. The van der Waals surface area contributed by atoms with Crippen molar-refractivity contribution in [2.45, 2.75) is 45.6 Å². The maximum Gasteiger partial charge on any atom is 0.220 e. The third kappa shape index (κ3) is 5.54. The Bertz CT molecular complexity index is 1220. The summed E-state index contributed by atoms with van der Waals surface area (Å²) in [6.45, 7) is 7.91. The van der Waals surface area contributed by atoms with Crippen LogP contribution in [0.25, 0.3) is 16.6 Å². The Morgan fingerprint density at radius 2 is 2.09 bits per heavy atom. The van der Waals surface area contributed by atoms with Gasteiger partial charge in [-0.1, -0.05) is 13.8 Å². The number of aromatic nitrogens is 3. The van der Waals surface area contributed by atoms with Crippen molar-refractivity contribution >= 4 is 17.2 Å². The molecule has 0 unspecified atom stereocenters. The van der Waals surface area contributed by atoms with Crippen molar-refractivity contribution in [3.8, 4) is 22.9 Å². The van der Waals surface area contributed by atoms with Gasteiger partial charge in [0.15, 0.2) is 0 Å². The molecule has 4 heterocycles. The average molecular weight is 477 g/mol. The molecule has 0 aliphatic carbocycles. The Hall–Kier alpha value is -3.64. The van der Waals surface area contributed by atoms with Crippen molar-refractivity contribution in [2.75, 3.05) is 31.2 Å². The van der Waals surface area contributed by atoms with Crippen molar-refractivity contribution in [2.24, 2.45) is 5.92 Å². The molecule has 3 aromatic rings. The number of pyridine rings is 2. The first-order valence-corrected chi connectivity index (χ1v) is 12.0. The second kappa shape index (κ2) is 10.3. The van der Waals surface area contributed by atoms with Crippen molar-refractivity contribution in [1.82, 2.24) is 19.9 Å². The molecule has 0 atom stereocenters. The first-order chi connectivity index (χ1) is 16.8. The number of nitrogens with zero attached hydrogens (tertiary/aromatic N) is 5. The van der Waals surface area contributed by atoms with Gasteiger partial charge in [0.1, 0.15) is 24.2 Å². The summed E-state index contributed by atoms with van der Waals surface area (Å²) in [5, 5.41) is 26.2. The number of hydrogen-bond acceptors (Lipinski definition) is 7. The number of anilines is 1. The molecule has 35 heavy (non-hydrogen) atoms. The zero-order valence-corrected chi connectivity index (χ0v) is 20.5. The predicted molar refractivity (Wildman–Crippen MR) is 133 cm³/mol. The Morgan fingerprint density at radius 3 is 2.71 bits per heavy atom. The number of rotatable bonds is 8. The largest absolute Gasteiger partial charge is 0.490 e. The molecule has 184 valence electrons. The van der Waals surface area contributed by atoms with Crippen LogP contribution in [0, 0.1) is 17.2 Å². The zero-order chi connectivity index (χ0) is 25.0. The molecule has 1 fully saturated rings. The Labute approximate surface area is 205 Å². The van der Waals surface area contributed by atoms with E-state index in [0.717, 1.165) is 42.9 Å². The highest BCUT2D eigenvalue weighted by molar-refractivity contribution is 5.85. The predicted octanol–water partition coefficient (Wildman–Crippen LogP) is 3.16. The summed E-state index contributed by atoms with van der Waals surface area (Å²) >= 11 is 0. The van der Waals surface area contributed by atoms with Crippen LogP contribution in [0.1, 0.15) is 45.6 Å². The van der Waals surface area contributed by atoms with Crippen molar-refractivity contribution in [3.05, 3.63) is 42.4 Å². The topological polar surface area (TPSA) is 116 Å². The van der Waals surface area contributed by atoms with Gasteiger partial charge in [-0.2, -0.15) is 10.4 Å². The number of fused-ring (bicyclic) bond motifs is 1. The number of hydrogen-bond donors (Lipinski definition) is 2. The van der Waals surface area contributed by atoms with Crippen LogP contribution in [0.4, 0.5) is 5.82 Å². The first kappa shape index (κ1) is 24.5. The van der Waals surface area contributed by atoms with E-state index in [9.17, 15) is 10.1 Å². The van der Waals surface area contributed by atoms with Crippen molar-refractivity contribution < 1.29 is 14.6 Å². The van der Waals surface area contributed by atoms with E-state index in [4.69, 9.17) is 14.8 Å². The molecular formula is C26H32N6O3. The standard InChI is InChI=1S/C26H32N6O3/c1-18(2)12-24(34)30-26(3)6-8-31(9-7-26)23-5-4-19(15-28-23)22-13-21(35-11-10-33)17-32-25(22)20(14-27)16-29-32/h4-5,13,15-18,33H,6-12H2,1-3H3,(H,30,34). The van der Waals surface area contributed by atoms with Crippen LogP contribution < -0.4 is 15.0 Å². The Kier molecular flexibility index (Phi) is 7.22. The van der Waals surface area contributed by atoms with Crippen LogP contribution >= 0.6 is 0 Å². The maximum atomic E-state index is 12.3. The lowest BCUT2D eigenvalue weighted by atomic mass is 9.89. The molecule has 0 saturated carbocycles. The van der Waals surface area contributed by atoms with E-state index >= 15 is 0 Å². The van der Waals surface area contributed by atoms with Gasteiger partial charge >= 0.3 is 0 Å². The van der Waals surface area contributed by atoms with Gasteiger partial charge in [-0.15, -0.1) is 0 Å². The molecule has 1 aliphatic heterocycles. The van der Waals surface area contributed by atoms with Gasteiger partial charge in [0.2, 0.25) is 5.91 Å². The Morgan fingerprint density at radius 1 is 1.31 bits per heavy atom. The highest BCUT2D eigenvalue weighted by Crippen LogP contribution is 2.32. The summed E-state index contributed by atoms with van der Waals surface area (Å²) in [6.07, 6.45) is 7.28. The highest BCUT2D eigenvalue weighted by atomic mass is 16.5. The smallest absolute Gasteiger partial charge is 0.220 e. The lowest BCUT2D eigenvalue weighted by molar-refractivity contribution is -0.123. The van der Waals surface area contributed by atoms with Crippen molar-refractivity contribution in [3.63, 3.8) is 0 Å². The van der Waals surface area contributed by atoms with Crippen LogP contribution in [-0.2, 0) is 4.79 Å². The number of aliphatic hydroxyl groups is 1. The molecule has 0 aromatic carbocycles. The van der Waals surface area contributed by atoms with Crippen LogP contribution in [-0.4, -0.2) is 57.5 Å². The second-order valence-electron chi connectivity index (χ2n) is 9.72. The fraction of sp³-hybridized carbons (Fsp3) is 0.462. The van der Waals surface area contributed by atoms with E-state index < -0.39 is 0 Å². The molecule has 0 spiro atoms. The van der Waals surface area contributed by atoms with Crippen LogP contribution in [0.5, 0.6) is 5.75 Å². The summed E-state index contributed by atoms with van der Waals surface area (Å²) in [7, 11) is 0. The number of carbonyl (C=O) groups excluding carboxylic acids is 1. The van der Waals surface area contributed by atoms with Crippen molar-refractivity contribution in [1.29, 1.82) is 5.26 Å². The highest BCUT2D eigenvalue weighted by Gasteiger charge is 2.32. The molecule has 1 amide bonds. The molecule has 1 aliphatic rings. The lowest BCUT2D eigenvalue weighted by Crippen LogP contribution is -2.53. The van der Waals surface area contributed by atoms with E-state index in [-0.39, 0.29) is 24.7 Å². The van der Waals surface area contributed by atoms with E-state index in [1.54, 1.807) is 16.9 Å².